The van der Waals surface area contributed by atoms with E-state index in [9.17, 15) is 9.90 Å². The van der Waals surface area contributed by atoms with Crippen molar-refractivity contribution in [1.82, 2.24) is 0 Å². The summed E-state index contributed by atoms with van der Waals surface area (Å²) in [5.74, 6) is -0.208. The average molecular weight is 877 g/mol. The van der Waals surface area contributed by atoms with E-state index in [4.69, 9.17) is 9.47 Å². The molecule has 0 saturated heterocycles. The molecule has 0 saturated carbocycles. The van der Waals surface area contributed by atoms with Gasteiger partial charge in [-0.3, -0.25) is 4.79 Å². The van der Waals surface area contributed by atoms with Gasteiger partial charge in [0, 0.05) is 13.0 Å². The molecule has 4 heteroatoms. The van der Waals surface area contributed by atoms with Crippen LogP contribution in [0.15, 0.2) is 85.1 Å². The van der Waals surface area contributed by atoms with E-state index in [2.05, 4.69) is 98.9 Å². The molecule has 63 heavy (non-hydrogen) atoms. The lowest BCUT2D eigenvalue weighted by molar-refractivity contribution is -0.154. The number of hydrogen-bond acceptors (Lipinski definition) is 4. The molecule has 0 heterocycles. The highest BCUT2D eigenvalue weighted by molar-refractivity contribution is 5.69. The number of ether oxygens (including phenoxy) is 2. The SMILES string of the molecule is CC/C=C\C/C=C\C/C=C\C/C=C\C/C=C\C/C=C\C/C=C\CCCCCCOCC(CO)OC(=O)CCCCCCCCCCCCCCCCCCCCCCCCCCC. The number of rotatable bonds is 50. The minimum absolute atomic E-state index is 0.184. The quantitative estimate of drug-likeness (QED) is 0.0376. The summed E-state index contributed by atoms with van der Waals surface area (Å²) in [4.78, 5) is 12.3. The molecule has 1 atom stereocenters. The van der Waals surface area contributed by atoms with Crippen LogP contribution in [0.5, 0.6) is 0 Å². The van der Waals surface area contributed by atoms with Gasteiger partial charge in [-0.25, -0.2) is 0 Å². The number of carbonyl (C=O) groups is 1. The molecular formula is C59H104O4. The lowest BCUT2D eigenvalue weighted by atomic mass is 10.0. The number of carbonyl (C=O) groups excluding carboxylic acids is 1. The van der Waals surface area contributed by atoms with Crippen molar-refractivity contribution in [2.75, 3.05) is 19.8 Å². The summed E-state index contributed by atoms with van der Waals surface area (Å²) in [6, 6.07) is 0. The van der Waals surface area contributed by atoms with Crippen LogP contribution in [0.3, 0.4) is 0 Å². The third kappa shape index (κ3) is 53.8. The number of esters is 1. The van der Waals surface area contributed by atoms with Gasteiger partial charge in [0.1, 0.15) is 6.10 Å². The summed E-state index contributed by atoms with van der Waals surface area (Å²) in [5, 5.41) is 9.66. The molecule has 0 spiro atoms. The molecule has 0 radical (unpaired) electrons. The molecule has 1 N–H and O–H groups in total. The maximum atomic E-state index is 12.3. The summed E-state index contributed by atoms with van der Waals surface area (Å²) in [6.45, 7) is 5.20. The minimum Gasteiger partial charge on any atom is -0.457 e. The smallest absolute Gasteiger partial charge is 0.306 e. The summed E-state index contributed by atoms with van der Waals surface area (Å²) < 4.78 is 11.2. The van der Waals surface area contributed by atoms with Crippen LogP contribution in [0, 0.1) is 0 Å². The zero-order chi connectivity index (χ0) is 45.5. The molecule has 0 aromatic carbocycles. The van der Waals surface area contributed by atoms with Crippen LogP contribution in [-0.4, -0.2) is 37.0 Å². The minimum atomic E-state index is -0.553. The van der Waals surface area contributed by atoms with Gasteiger partial charge < -0.3 is 14.6 Å². The highest BCUT2D eigenvalue weighted by atomic mass is 16.6. The van der Waals surface area contributed by atoms with Crippen molar-refractivity contribution in [3.05, 3.63) is 85.1 Å². The zero-order valence-corrected chi connectivity index (χ0v) is 41.8. The van der Waals surface area contributed by atoms with E-state index in [0.717, 1.165) is 77.0 Å². The number of allylic oxidation sites excluding steroid dienone is 14. The first-order valence-electron chi connectivity index (χ1n) is 27.2. The van der Waals surface area contributed by atoms with E-state index in [1.165, 1.54) is 161 Å². The Labute approximate surface area is 392 Å². The fourth-order valence-electron chi connectivity index (χ4n) is 7.72. The van der Waals surface area contributed by atoms with Crippen LogP contribution >= 0.6 is 0 Å². The fraction of sp³-hybridized carbons (Fsp3) is 0.746. The fourth-order valence-corrected chi connectivity index (χ4v) is 7.72. The molecule has 0 aliphatic rings. The van der Waals surface area contributed by atoms with Gasteiger partial charge in [-0.15, -0.1) is 0 Å². The lowest BCUT2D eigenvalue weighted by Crippen LogP contribution is -2.27. The maximum absolute atomic E-state index is 12.3. The zero-order valence-electron chi connectivity index (χ0n) is 41.8. The summed E-state index contributed by atoms with van der Waals surface area (Å²) in [6.07, 6.45) is 78.3. The van der Waals surface area contributed by atoms with Crippen molar-refractivity contribution in [3.63, 3.8) is 0 Å². The van der Waals surface area contributed by atoms with Crippen molar-refractivity contribution >= 4 is 5.97 Å². The van der Waals surface area contributed by atoms with E-state index in [1.807, 2.05) is 0 Å². The van der Waals surface area contributed by atoms with Gasteiger partial charge in [-0.1, -0.05) is 266 Å². The van der Waals surface area contributed by atoms with Gasteiger partial charge >= 0.3 is 5.97 Å². The van der Waals surface area contributed by atoms with Crippen molar-refractivity contribution < 1.29 is 19.4 Å². The van der Waals surface area contributed by atoms with Gasteiger partial charge in [-0.2, -0.15) is 0 Å². The second-order valence-electron chi connectivity index (χ2n) is 17.9. The number of unbranched alkanes of at least 4 members (excludes halogenated alkanes) is 28. The molecule has 1 unspecified atom stereocenters. The predicted molar refractivity (Wildman–Crippen MR) is 279 cm³/mol. The van der Waals surface area contributed by atoms with Gasteiger partial charge in [0.05, 0.1) is 13.2 Å². The maximum Gasteiger partial charge on any atom is 0.306 e. The first-order valence-corrected chi connectivity index (χ1v) is 27.2. The Morgan fingerprint density at radius 1 is 0.397 bits per heavy atom. The van der Waals surface area contributed by atoms with E-state index < -0.39 is 6.10 Å². The van der Waals surface area contributed by atoms with Gasteiger partial charge in [0.15, 0.2) is 0 Å². The first kappa shape index (κ1) is 60.6. The van der Waals surface area contributed by atoms with Crippen molar-refractivity contribution in [2.45, 2.75) is 264 Å². The van der Waals surface area contributed by atoms with Crippen molar-refractivity contribution in [1.29, 1.82) is 0 Å². The van der Waals surface area contributed by atoms with E-state index in [0.29, 0.717) is 13.0 Å². The van der Waals surface area contributed by atoms with Crippen LogP contribution in [0.1, 0.15) is 258 Å². The second kappa shape index (κ2) is 55.7. The van der Waals surface area contributed by atoms with Crippen LogP contribution in [0.4, 0.5) is 0 Å². The Bertz CT molecular complexity index is 1110. The van der Waals surface area contributed by atoms with E-state index in [-0.39, 0.29) is 19.2 Å². The lowest BCUT2D eigenvalue weighted by Gasteiger charge is -2.15. The molecule has 4 nitrogen and oxygen atoms in total. The van der Waals surface area contributed by atoms with Crippen LogP contribution < -0.4 is 0 Å². The Balaban J connectivity index is 3.47. The highest BCUT2D eigenvalue weighted by Gasteiger charge is 2.13. The number of aliphatic hydroxyl groups excluding tert-OH is 1. The molecular weight excluding hydrogens is 773 g/mol. The van der Waals surface area contributed by atoms with Gasteiger partial charge in [-0.05, 0) is 70.6 Å². The Hall–Kier alpha value is -2.43. The molecule has 364 valence electrons. The summed E-state index contributed by atoms with van der Waals surface area (Å²) >= 11 is 0. The number of aliphatic hydroxyl groups is 1. The van der Waals surface area contributed by atoms with Crippen LogP contribution in [0.25, 0.3) is 0 Å². The molecule has 0 rings (SSSR count). The van der Waals surface area contributed by atoms with E-state index in [1.54, 1.807) is 0 Å². The van der Waals surface area contributed by atoms with Crippen molar-refractivity contribution in [3.8, 4) is 0 Å². The normalized spacial score (nSPS) is 13.0. The topological polar surface area (TPSA) is 55.8 Å². The molecule has 0 fully saturated rings. The molecule has 0 aromatic heterocycles. The van der Waals surface area contributed by atoms with E-state index >= 15 is 0 Å². The monoisotopic (exact) mass is 877 g/mol. The molecule has 0 aliphatic heterocycles. The second-order valence-corrected chi connectivity index (χ2v) is 17.9. The van der Waals surface area contributed by atoms with Gasteiger partial charge in [0.2, 0.25) is 0 Å². The molecule has 0 amide bonds. The van der Waals surface area contributed by atoms with Crippen LogP contribution in [-0.2, 0) is 14.3 Å². The summed E-state index contributed by atoms with van der Waals surface area (Å²) in [5.41, 5.74) is 0. The predicted octanol–water partition coefficient (Wildman–Crippen LogP) is 18.7. The Kier molecular flexibility index (Phi) is 53.6. The molecule has 0 bridgehead atoms. The first-order chi connectivity index (χ1) is 31.2. The Morgan fingerprint density at radius 3 is 1.08 bits per heavy atom. The number of hydrogen-bond donors (Lipinski definition) is 1. The van der Waals surface area contributed by atoms with Crippen molar-refractivity contribution in [2.24, 2.45) is 0 Å². The molecule has 0 aliphatic carbocycles. The highest BCUT2D eigenvalue weighted by Crippen LogP contribution is 2.16. The summed E-state index contributed by atoms with van der Waals surface area (Å²) in [7, 11) is 0. The standard InChI is InChI=1S/C59H104O4/c1-3-5-7-9-11-13-15-17-19-21-23-25-27-29-31-33-35-37-39-41-43-45-47-49-51-53-55-62-57-58(56-60)63-59(61)54-52-50-48-46-44-42-40-38-36-34-32-30-28-26-24-22-20-18-16-14-12-10-8-6-4-2/h5,7,11,13,17,19,23,25,29,31,35,37,41,43,58,60H,3-4,6,8-10,12,14-16,18,20-22,24,26-28,30,32-34,36,38-40,42,44-57H2,1-2H3/b7-5-,13-11-,19-17-,25-23-,31-29-,37-35-,43-41-. The average Bonchev–Trinajstić information content (AvgIpc) is 3.29. The molecule has 0 aromatic rings. The van der Waals surface area contributed by atoms with Gasteiger partial charge in [0.25, 0.3) is 0 Å². The third-order valence-corrected chi connectivity index (χ3v) is 11.7. The third-order valence-electron chi connectivity index (χ3n) is 11.7. The Morgan fingerprint density at radius 2 is 0.714 bits per heavy atom. The largest absolute Gasteiger partial charge is 0.457 e. The van der Waals surface area contributed by atoms with Crippen LogP contribution in [0.2, 0.25) is 0 Å².